The number of esters is 1. The molecule has 2 atom stereocenters. The van der Waals surface area contributed by atoms with Gasteiger partial charge in [-0.05, 0) is 59.4 Å². The smallest absolute Gasteiger partial charge is 0.335 e. The van der Waals surface area contributed by atoms with Gasteiger partial charge >= 0.3 is 12.0 Å². The molecule has 7 nitrogen and oxygen atoms in total. The number of aromatic nitrogens is 2. The van der Waals surface area contributed by atoms with Crippen molar-refractivity contribution in [2.45, 2.75) is 64.7 Å². The summed E-state index contributed by atoms with van der Waals surface area (Å²) in [5.41, 5.74) is 1.99. The zero-order valence-electron chi connectivity index (χ0n) is 22.3. The molecule has 38 heavy (non-hydrogen) atoms. The molecule has 2 unspecified atom stereocenters. The number of hydrogen-bond donors (Lipinski definition) is 0. The minimum atomic E-state index is -1.32. The molecule has 11 heteroatoms. The Labute approximate surface area is 230 Å². The molecule has 1 aromatic heterocycles. The molecule has 0 saturated carbocycles. The second kappa shape index (κ2) is 11.8. The Morgan fingerprint density at radius 1 is 1.26 bits per heavy atom. The van der Waals surface area contributed by atoms with E-state index in [0.29, 0.717) is 32.0 Å². The van der Waals surface area contributed by atoms with Crippen LogP contribution >= 0.6 is 15.9 Å². The van der Waals surface area contributed by atoms with Crippen LogP contribution in [-0.4, -0.2) is 49.5 Å². The number of carbonyl (C=O) groups excluding carboxylic acids is 1. The summed E-state index contributed by atoms with van der Waals surface area (Å²) in [5, 5.41) is 0. The monoisotopic (exact) mass is 610 g/mol. The number of hydrogen-bond acceptors (Lipinski definition) is 6. The highest BCUT2D eigenvalue weighted by atomic mass is 79.9. The quantitative estimate of drug-likeness (QED) is 0.107. The number of nitrogens with zero attached hydrogens (tertiary/aromatic N) is 2. The summed E-state index contributed by atoms with van der Waals surface area (Å²) in [6, 6.07) is 8.02. The maximum Gasteiger partial charge on any atom is 0.335 e. The van der Waals surface area contributed by atoms with E-state index in [4.69, 9.17) is 18.9 Å². The Morgan fingerprint density at radius 2 is 2.03 bits per heavy atom. The van der Waals surface area contributed by atoms with Gasteiger partial charge in [-0.2, -0.15) is 4.98 Å². The number of fused-ring (bicyclic) bond motifs is 1. The first-order valence-electron chi connectivity index (χ1n) is 12.7. The summed E-state index contributed by atoms with van der Waals surface area (Å²) < 4.78 is 53.5. The molecule has 0 bridgehead atoms. The lowest BCUT2D eigenvalue weighted by atomic mass is 9.95. The molecule has 0 N–H and O–H groups in total. The molecule has 0 radical (unpaired) electrons. The van der Waals surface area contributed by atoms with Gasteiger partial charge in [0.05, 0.1) is 23.2 Å². The zero-order chi connectivity index (χ0) is 27.6. The van der Waals surface area contributed by atoms with Crippen molar-refractivity contribution >= 4 is 41.0 Å². The fourth-order valence-corrected chi connectivity index (χ4v) is 5.28. The average Bonchev–Trinajstić information content (AvgIpc) is 3.47. The highest BCUT2D eigenvalue weighted by Crippen LogP contribution is 2.36. The third-order valence-corrected chi connectivity index (χ3v) is 8.92. The first-order chi connectivity index (χ1) is 18.0. The summed E-state index contributed by atoms with van der Waals surface area (Å²) in [5.74, 6) is -1.40. The van der Waals surface area contributed by atoms with E-state index >= 15 is 0 Å². The molecule has 2 heterocycles. The first kappa shape index (κ1) is 28.7. The van der Waals surface area contributed by atoms with Crippen LogP contribution in [0.4, 0.5) is 8.78 Å². The first-order valence-corrected chi connectivity index (χ1v) is 17.2. The molecule has 1 saturated heterocycles. The molecule has 0 amide bonds. The van der Waals surface area contributed by atoms with Gasteiger partial charge in [0.1, 0.15) is 23.8 Å². The van der Waals surface area contributed by atoms with Gasteiger partial charge in [0.25, 0.3) is 0 Å². The van der Waals surface area contributed by atoms with Crippen molar-refractivity contribution in [1.82, 2.24) is 9.55 Å². The van der Waals surface area contributed by atoms with Crippen molar-refractivity contribution in [2.75, 3.05) is 19.8 Å². The lowest BCUT2D eigenvalue weighted by Gasteiger charge is -2.17. The molecule has 0 aliphatic carbocycles. The fraction of sp³-hybridized carbons (Fsp3) is 0.481. The van der Waals surface area contributed by atoms with E-state index in [2.05, 4.69) is 40.6 Å². The standard InChI is InChI=1S/C27H33BrF2N2O5Si/c1-6-35-26(33)22-12-18(14-36-22)17-8-7-16(2)21(11-17)37-27-31-25-20(13-19(29)23(28)24(25)30)32(27)15-34-9-10-38(3,4)5/h7-8,11,13,18,22H,6,9-10,12,14-15H2,1-5H3. The van der Waals surface area contributed by atoms with Crippen LogP contribution in [0.5, 0.6) is 11.8 Å². The minimum Gasteiger partial charge on any atom is -0.464 e. The lowest BCUT2D eigenvalue weighted by Crippen LogP contribution is -2.22. The number of rotatable bonds is 10. The van der Waals surface area contributed by atoms with Gasteiger partial charge in [-0.3, -0.25) is 4.57 Å². The van der Waals surface area contributed by atoms with E-state index < -0.39 is 25.8 Å². The second-order valence-electron chi connectivity index (χ2n) is 10.7. The number of imidazole rings is 1. The van der Waals surface area contributed by atoms with Gasteiger partial charge in [-0.25, -0.2) is 13.6 Å². The van der Waals surface area contributed by atoms with Crippen molar-refractivity contribution in [2.24, 2.45) is 0 Å². The summed E-state index contributed by atoms with van der Waals surface area (Å²) in [7, 11) is -1.32. The predicted octanol–water partition coefficient (Wildman–Crippen LogP) is 6.93. The van der Waals surface area contributed by atoms with Gasteiger partial charge in [0, 0.05) is 26.7 Å². The van der Waals surface area contributed by atoms with Crippen molar-refractivity contribution in [1.29, 1.82) is 0 Å². The van der Waals surface area contributed by atoms with Crippen LogP contribution in [0.2, 0.25) is 25.7 Å². The maximum absolute atomic E-state index is 14.9. The number of aryl methyl sites for hydroxylation is 1. The highest BCUT2D eigenvalue weighted by molar-refractivity contribution is 9.10. The third kappa shape index (κ3) is 6.44. The molecule has 1 aliphatic heterocycles. The van der Waals surface area contributed by atoms with E-state index in [1.54, 1.807) is 11.5 Å². The van der Waals surface area contributed by atoms with Crippen molar-refractivity contribution in [3.8, 4) is 11.8 Å². The fourth-order valence-electron chi connectivity index (χ4n) is 4.22. The van der Waals surface area contributed by atoms with Crippen molar-refractivity contribution in [3.05, 3.63) is 51.5 Å². The average molecular weight is 612 g/mol. The third-order valence-electron chi connectivity index (χ3n) is 6.49. The van der Waals surface area contributed by atoms with Gasteiger partial charge in [-0.1, -0.05) is 31.8 Å². The highest BCUT2D eigenvalue weighted by Gasteiger charge is 2.33. The van der Waals surface area contributed by atoms with Crippen molar-refractivity contribution in [3.63, 3.8) is 0 Å². The molecule has 3 aromatic rings. The van der Waals surface area contributed by atoms with E-state index in [0.717, 1.165) is 17.2 Å². The Bertz CT molecular complexity index is 1330. The minimum absolute atomic E-state index is 0.0152. The molecule has 0 spiro atoms. The van der Waals surface area contributed by atoms with Crippen LogP contribution in [0.3, 0.4) is 0 Å². The van der Waals surface area contributed by atoms with Crippen LogP contribution in [0, 0.1) is 18.6 Å². The van der Waals surface area contributed by atoms with Crippen LogP contribution in [0.15, 0.2) is 28.7 Å². The number of halogens is 3. The zero-order valence-corrected chi connectivity index (χ0v) is 24.9. The summed E-state index contributed by atoms with van der Waals surface area (Å²) in [4.78, 5) is 16.5. The van der Waals surface area contributed by atoms with Gasteiger partial charge in [0.2, 0.25) is 0 Å². The normalized spacial score (nSPS) is 17.8. The Morgan fingerprint density at radius 3 is 2.74 bits per heavy atom. The number of benzene rings is 2. The molecule has 206 valence electrons. The number of ether oxygens (including phenoxy) is 4. The Kier molecular flexibility index (Phi) is 8.91. The summed E-state index contributed by atoms with van der Waals surface area (Å²) in [6.07, 6.45) is -0.0945. The Hall–Kier alpha value is -2.34. The van der Waals surface area contributed by atoms with Crippen LogP contribution < -0.4 is 4.74 Å². The summed E-state index contributed by atoms with van der Waals surface area (Å²) >= 11 is 2.96. The molecular formula is C27H33BrF2N2O5Si. The van der Waals surface area contributed by atoms with Crippen LogP contribution in [0.1, 0.15) is 30.4 Å². The SMILES string of the molecule is CCOC(=O)C1CC(c2ccc(C)c(Oc3nc4c(F)c(Br)c(F)cc4n3COCC[Si](C)(C)C)c2)CO1. The van der Waals surface area contributed by atoms with Gasteiger partial charge in [0.15, 0.2) is 11.9 Å². The molecule has 1 fully saturated rings. The predicted molar refractivity (Wildman–Crippen MR) is 146 cm³/mol. The topological polar surface area (TPSA) is 71.8 Å². The maximum atomic E-state index is 14.9. The van der Waals surface area contributed by atoms with E-state index in [1.807, 2.05) is 25.1 Å². The molecule has 4 rings (SSSR count). The summed E-state index contributed by atoms with van der Waals surface area (Å²) in [6.45, 7) is 11.6. The van der Waals surface area contributed by atoms with Crippen molar-refractivity contribution < 1.29 is 32.5 Å². The molecule has 1 aliphatic rings. The van der Waals surface area contributed by atoms with E-state index in [-0.39, 0.29) is 40.1 Å². The molecular weight excluding hydrogens is 578 g/mol. The van der Waals surface area contributed by atoms with Gasteiger partial charge < -0.3 is 18.9 Å². The van der Waals surface area contributed by atoms with Gasteiger partial charge in [-0.15, -0.1) is 0 Å². The lowest BCUT2D eigenvalue weighted by molar-refractivity contribution is -0.153. The molecule has 2 aromatic carbocycles. The van der Waals surface area contributed by atoms with E-state index in [1.165, 1.54) is 6.07 Å². The number of carbonyl (C=O) groups is 1. The largest absolute Gasteiger partial charge is 0.464 e. The van der Waals surface area contributed by atoms with Crippen LogP contribution in [0.25, 0.3) is 11.0 Å². The van der Waals surface area contributed by atoms with Crippen LogP contribution in [-0.2, 0) is 25.7 Å². The Balaban J connectivity index is 1.62. The second-order valence-corrected chi connectivity index (χ2v) is 17.1. The van der Waals surface area contributed by atoms with E-state index in [9.17, 15) is 13.6 Å².